The molecule has 5 nitrogen and oxygen atoms in total. The highest BCUT2D eigenvalue weighted by Gasteiger charge is 2.31. The molecule has 1 fully saturated rings. The molecule has 1 aromatic rings. The molecule has 2 rings (SSSR count). The maximum atomic E-state index is 13.9. The Bertz CT molecular complexity index is 473. The monoisotopic (exact) mass is 272 g/mol. The van der Waals surface area contributed by atoms with Gasteiger partial charge in [-0.2, -0.15) is 0 Å². The zero-order valence-corrected chi connectivity index (χ0v) is 10.1. The van der Waals surface area contributed by atoms with E-state index in [9.17, 15) is 13.6 Å². The molecule has 0 aromatic heterocycles. The quantitative estimate of drug-likeness (QED) is 0.821. The van der Waals surface area contributed by atoms with E-state index in [2.05, 4.69) is 0 Å². The van der Waals surface area contributed by atoms with Crippen LogP contribution < -0.4 is 10.6 Å². The lowest BCUT2D eigenvalue weighted by Crippen LogP contribution is -2.53. The summed E-state index contributed by atoms with van der Waals surface area (Å²) in [4.78, 5) is 12.6. The van der Waals surface area contributed by atoms with Gasteiger partial charge < -0.3 is 20.5 Å². The summed E-state index contributed by atoms with van der Waals surface area (Å²) in [5.41, 5.74) is 5.02. The van der Waals surface area contributed by atoms with Gasteiger partial charge in [0, 0.05) is 6.54 Å². The van der Waals surface area contributed by atoms with Crippen LogP contribution in [0.3, 0.4) is 0 Å². The van der Waals surface area contributed by atoms with Gasteiger partial charge in [0.25, 0.3) is 0 Å². The summed E-state index contributed by atoms with van der Waals surface area (Å²) >= 11 is 0. The van der Waals surface area contributed by atoms with Gasteiger partial charge in [-0.05, 0) is 17.7 Å². The van der Waals surface area contributed by atoms with E-state index >= 15 is 0 Å². The molecule has 104 valence electrons. The van der Waals surface area contributed by atoms with Crippen LogP contribution in [0, 0.1) is 11.6 Å². The average molecular weight is 272 g/mol. The maximum Gasteiger partial charge on any atom is 0.242 e. The van der Waals surface area contributed by atoms with E-state index < -0.39 is 30.2 Å². The largest absolute Gasteiger partial charge is 0.392 e. The van der Waals surface area contributed by atoms with Gasteiger partial charge in [-0.15, -0.1) is 0 Å². The fourth-order valence-corrected chi connectivity index (χ4v) is 2.09. The van der Waals surface area contributed by atoms with Crippen LogP contribution in [0.5, 0.6) is 0 Å². The number of primary amides is 1. The minimum absolute atomic E-state index is 0.00400. The molecule has 0 spiro atoms. The van der Waals surface area contributed by atoms with Gasteiger partial charge in [-0.3, -0.25) is 4.79 Å². The van der Waals surface area contributed by atoms with Crippen molar-refractivity contribution in [3.05, 3.63) is 29.3 Å². The number of ether oxygens (including phenoxy) is 1. The van der Waals surface area contributed by atoms with Gasteiger partial charge in [0.1, 0.15) is 23.4 Å². The van der Waals surface area contributed by atoms with Gasteiger partial charge in [-0.1, -0.05) is 0 Å². The molecule has 1 aliphatic rings. The van der Waals surface area contributed by atoms with Crippen molar-refractivity contribution in [2.75, 3.05) is 24.7 Å². The van der Waals surface area contributed by atoms with E-state index in [4.69, 9.17) is 15.6 Å². The second-order valence-electron chi connectivity index (χ2n) is 4.25. The molecule has 0 saturated carbocycles. The topological polar surface area (TPSA) is 75.8 Å². The number of amides is 1. The third-order valence-electron chi connectivity index (χ3n) is 3.00. The van der Waals surface area contributed by atoms with Crippen LogP contribution in [-0.4, -0.2) is 36.8 Å². The molecule has 1 aliphatic heterocycles. The number of aliphatic hydroxyl groups excluding tert-OH is 1. The van der Waals surface area contributed by atoms with E-state index in [-0.39, 0.29) is 31.0 Å². The van der Waals surface area contributed by atoms with Crippen LogP contribution >= 0.6 is 0 Å². The molecule has 19 heavy (non-hydrogen) atoms. The maximum absolute atomic E-state index is 13.9. The lowest BCUT2D eigenvalue weighted by atomic mass is 10.1. The summed E-state index contributed by atoms with van der Waals surface area (Å²) in [5.74, 6) is -2.38. The van der Waals surface area contributed by atoms with Gasteiger partial charge in [0.05, 0.1) is 19.8 Å². The minimum Gasteiger partial charge on any atom is -0.392 e. The number of carbonyl (C=O) groups excluding carboxylic acids is 1. The average Bonchev–Trinajstić information content (AvgIpc) is 2.38. The molecule has 0 aliphatic carbocycles. The van der Waals surface area contributed by atoms with Crippen molar-refractivity contribution < 1.29 is 23.4 Å². The molecule has 1 amide bonds. The van der Waals surface area contributed by atoms with E-state index in [0.717, 1.165) is 12.1 Å². The standard InChI is InChI=1S/C12H14F2N2O3/c13-8-3-7(5-17)4-9(14)11(8)16-1-2-19-6-10(16)12(15)18/h3-4,10,17H,1-2,5-6H2,(H2,15,18). The number of hydrogen-bond acceptors (Lipinski definition) is 4. The van der Waals surface area contributed by atoms with E-state index in [1.165, 1.54) is 4.90 Å². The highest BCUT2D eigenvalue weighted by Crippen LogP contribution is 2.28. The molecule has 1 aromatic carbocycles. The molecule has 1 saturated heterocycles. The number of hydrogen-bond donors (Lipinski definition) is 2. The number of halogens is 2. The number of rotatable bonds is 3. The van der Waals surface area contributed by atoms with Crippen molar-refractivity contribution in [2.45, 2.75) is 12.6 Å². The van der Waals surface area contributed by atoms with Crippen molar-refractivity contribution in [2.24, 2.45) is 5.73 Å². The highest BCUT2D eigenvalue weighted by molar-refractivity contribution is 5.84. The van der Waals surface area contributed by atoms with Crippen LogP contribution in [0.15, 0.2) is 12.1 Å². The number of morpholine rings is 1. The zero-order valence-electron chi connectivity index (χ0n) is 10.1. The van der Waals surface area contributed by atoms with Crippen molar-refractivity contribution >= 4 is 11.6 Å². The van der Waals surface area contributed by atoms with Crippen LogP contribution in [0.25, 0.3) is 0 Å². The third kappa shape index (κ3) is 2.66. The predicted molar refractivity (Wildman–Crippen MR) is 63.4 cm³/mol. The number of benzene rings is 1. The Kier molecular flexibility index (Phi) is 3.96. The number of nitrogens with two attached hydrogens (primary N) is 1. The third-order valence-corrected chi connectivity index (χ3v) is 3.00. The normalized spacial score (nSPS) is 19.5. The van der Waals surface area contributed by atoms with E-state index in [0.29, 0.717) is 0 Å². The number of anilines is 1. The van der Waals surface area contributed by atoms with E-state index in [1.807, 2.05) is 0 Å². The van der Waals surface area contributed by atoms with Crippen molar-refractivity contribution in [3.63, 3.8) is 0 Å². The second kappa shape index (κ2) is 5.50. The first-order valence-corrected chi connectivity index (χ1v) is 5.77. The van der Waals surface area contributed by atoms with Gasteiger partial charge in [-0.25, -0.2) is 8.78 Å². The fraction of sp³-hybridized carbons (Fsp3) is 0.417. The second-order valence-corrected chi connectivity index (χ2v) is 4.25. The number of aliphatic hydroxyl groups is 1. The highest BCUT2D eigenvalue weighted by atomic mass is 19.1. The van der Waals surface area contributed by atoms with Crippen molar-refractivity contribution in [1.82, 2.24) is 0 Å². The Balaban J connectivity index is 2.41. The molecule has 1 unspecified atom stereocenters. The Morgan fingerprint density at radius 1 is 1.47 bits per heavy atom. The Hall–Kier alpha value is -1.73. The fourth-order valence-electron chi connectivity index (χ4n) is 2.09. The molecule has 0 radical (unpaired) electrons. The van der Waals surface area contributed by atoms with Gasteiger partial charge >= 0.3 is 0 Å². The summed E-state index contributed by atoms with van der Waals surface area (Å²) in [6.07, 6.45) is 0. The Labute approximate surface area is 108 Å². The summed E-state index contributed by atoms with van der Waals surface area (Å²) < 4.78 is 33.0. The first-order chi connectivity index (χ1) is 9.04. The van der Waals surface area contributed by atoms with Crippen LogP contribution in [0.1, 0.15) is 5.56 Å². The first kappa shape index (κ1) is 13.7. The summed E-state index contributed by atoms with van der Waals surface area (Å²) in [7, 11) is 0. The van der Waals surface area contributed by atoms with Gasteiger partial charge in [0.15, 0.2) is 0 Å². The lowest BCUT2D eigenvalue weighted by molar-refractivity contribution is -0.121. The molecule has 3 N–H and O–H groups in total. The van der Waals surface area contributed by atoms with E-state index in [1.54, 1.807) is 0 Å². The van der Waals surface area contributed by atoms with Crippen LogP contribution in [0.2, 0.25) is 0 Å². The summed E-state index contributed by atoms with van der Waals surface area (Å²) in [6, 6.07) is 1.16. The van der Waals surface area contributed by atoms with Crippen molar-refractivity contribution in [3.8, 4) is 0 Å². The molecule has 7 heteroatoms. The molecule has 1 atom stereocenters. The van der Waals surface area contributed by atoms with Crippen LogP contribution in [0.4, 0.5) is 14.5 Å². The Morgan fingerprint density at radius 3 is 2.63 bits per heavy atom. The molecular weight excluding hydrogens is 258 g/mol. The summed E-state index contributed by atoms with van der Waals surface area (Å²) in [5, 5.41) is 8.89. The summed E-state index contributed by atoms with van der Waals surface area (Å²) in [6.45, 7) is -0.0449. The molecule has 0 bridgehead atoms. The van der Waals surface area contributed by atoms with Crippen molar-refractivity contribution in [1.29, 1.82) is 0 Å². The zero-order chi connectivity index (χ0) is 14.0. The minimum atomic E-state index is -0.905. The number of nitrogens with zero attached hydrogens (tertiary/aromatic N) is 1. The van der Waals surface area contributed by atoms with Gasteiger partial charge in [0.2, 0.25) is 5.91 Å². The number of carbonyl (C=O) groups is 1. The molecular formula is C12H14F2N2O3. The van der Waals surface area contributed by atoms with Crippen LogP contribution in [-0.2, 0) is 16.1 Å². The lowest BCUT2D eigenvalue weighted by Gasteiger charge is -2.35. The molecule has 1 heterocycles. The predicted octanol–water partition coefficient (Wildman–Crippen LogP) is 0.148. The Morgan fingerprint density at radius 2 is 2.11 bits per heavy atom. The first-order valence-electron chi connectivity index (χ1n) is 5.77. The SMILES string of the molecule is NC(=O)C1COCCN1c1c(F)cc(CO)cc1F. The smallest absolute Gasteiger partial charge is 0.242 e.